The monoisotopic (exact) mass is 274 g/mol. The Balaban J connectivity index is 2.85. The van der Waals surface area contributed by atoms with Gasteiger partial charge < -0.3 is 11.1 Å². The second kappa shape index (κ2) is 5.23. The van der Waals surface area contributed by atoms with Crippen molar-refractivity contribution in [2.24, 2.45) is 5.73 Å². The van der Waals surface area contributed by atoms with Crippen LogP contribution in [0.25, 0.3) is 0 Å². The van der Waals surface area contributed by atoms with Gasteiger partial charge in [-0.2, -0.15) is 0 Å². The predicted molar refractivity (Wildman–Crippen MR) is 59.7 cm³/mol. The maximum Gasteiger partial charge on any atom is 0.221 e. The number of hydrogen-bond donors (Lipinski definition) is 2. The van der Waals surface area contributed by atoms with E-state index >= 15 is 0 Å². The summed E-state index contributed by atoms with van der Waals surface area (Å²) in [5.74, 6) is -0.600. The summed E-state index contributed by atoms with van der Waals surface area (Å²) in [5.41, 5.74) is 6.06. The Kier molecular flexibility index (Phi) is 4.23. The van der Waals surface area contributed by atoms with Gasteiger partial charge in [-0.05, 0) is 18.2 Å². The normalized spacial score (nSPS) is 12.3. The average molecular weight is 275 g/mol. The fourth-order valence-corrected chi connectivity index (χ4v) is 1.59. The summed E-state index contributed by atoms with van der Waals surface area (Å²) < 4.78 is 14.1. The second-order valence-corrected chi connectivity index (χ2v) is 4.07. The number of amides is 1. The number of rotatable bonds is 3. The van der Waals surface area contributed by atoms with Crippen molar-refractivity contribution in [2.45, 2.75) is 12.5 Å². The van der Waals surface area contributed by atoms with Crippen molar-refractivity contribution in [1.29, 1.82) is 0 Å². The van der Waals surface area contributed by atoms with Gasteiger partial charge in [-0.1, -0.05) is 15.9 Å². The molecular weight excluding hydrogens is 263 g/mol. The fourth-order valence-electron chi connectivity index (χ4n) is 1.21. The number of carbonyl (C=O) groups is 1. The number of benzene rings is 1. The quantitative estimate of drug-likeness (QED) is 0.882. The maximum atomic E-state index is 13.3. The summed E-state index contributed by atoms with van der Waals surface area (Å²) >= 11 is 3.23. The Morgan fingerprint density at radius 1 is 1.67 bits per heavy atom. The van der Waals surface area contributed by atoms with Gasteiger partial charge in [0.2, 0.25) is 5.91 Å². The first-order valence-electron chi connectivity index (χ1n) is 4.45. The summed E-state index contributed by atoms with van der Waals surface area (Å²) in [6.07, 6.45) is 0.0733. The van der Waals surface area contributed by atoms with Crippen LogP contribution in [-0.4, -0.2) is 13.0 Å². The summed E-state index contributed by atoms with van der Waals surface area (Å²) in [6, 6.07) is 3.87. The van der Waals surface area contributed by atoms with E-state index in [0.717, 1.165) is 4.47 Å². The zero-order valence-corrected chi connectivity index (χ0v) is 9.84. The Morgan fingerprint density at radius 2 is 2.33 bits per heavy atom. The van der Waals surface area contributed by atoms with Gasteiger partial charge in [0, 0.05) is 29.5 Å². The molecule has 0 saturated heterocycles. The van der Waals surface area contributed by atoms with Crippen LogP contribution in [0, 0.1) is 5.82 Å². The van der Waals surface area contributed by atoms with Crippen LogP contribution >= 0.6 is 15.9 Å². The molecular formula is C10H12BrFN2O. The Labute approximate surface area is 96.0 Å². The summed E-state index contributed by atoms with van der Waals surface area (Å²) in [7, 11) is 1.52. The number of hydrogen-bond acceptors (Lipinski definition) is 2. The molecule has 1 amide bonds. The third-order valence-corrected chi connectivity index (χ3v) is 2.53. The van der Waals surface area contributed by atoms with Crippen molar-refractivity contribution in [2.75, 3.05) is 7.05 Å². The minimum absolute atomic E-state index is 0.0733. The van der Waals surface area contributed by atoms with Gasteiger partial charge >= 0.3 is 0 Å². The molecule has 3 N–H and O–H groups in total. The van der Waals surface area contributed by atoms with Gasteiger partial charge in [0.05, 0.1) is 0 Å². The molecule has 0 bridgehead atoms. The maximum absolute atomic E-state index is 13.3. The standard InChI is InChI=1S/C10H12BrFN2O/c1-14-10(15)5-9(13)7-4-6(11)2-3-8(7)12/h2-4,9H,5,13H2,1H3,(H,14,15). The van der Waals surface area contributed by atoms with E-state index in [1.165, 1.54) is 13.1 Å². The van der Waals surface area contributed by atoms with E-state index in [0.29, 0.717) is 5.56 Å². The molecule has 3 nitrogen and oxygen atoms in total. The van der Waals surface area contributed by atoms with Crippen LogP contribution < -0.4 is 11.1 Å². The van der Waals surface area contributed by atoms with Crippen LogP contribution in [0.1, 0.15) is 18.0 Å². The van der Waals surface area contributed by atoms with Gasteiger partial charge in [-0.15, -0.1) is 0 Å². The van der Waals surface area contributed by atoms with Crippen molar-refractivity contribution >= 4 is 21.8 Å². The molecule has 0 fully saturated rings. The molecule has 1 aromatic carbocycles. The minimum atomic E-state index is -0.623. The first kappa shape index (κ1) is 12.1. The Morgan fingerprint density at radius 3 is 2.93 bits per heavy atom. The molecule has 82 valence electrons. The number of nitrogens with one attached hydrogen (secondary N) is 1. The van der Waals surface area contributed by atoms with Gasteiger partial charge in [0.25, 0.3) is 0 Å². The zero-order valence-electron chi connectivity index (χ0n) is 8.26. The summed E-state index contributed by atoms with van der Waals surface area (Å²) in [4.78, 5) is 11.1. The van der Waals surface area contributed by atoms with E-state index in [1.54, 1.807) is 12.1 Å². The highest BCUT2D eigenvalue weighted by atomic mass is 79.9. The van der Waals surface area contributed by atoms with Crippen LogP contribution in [0.3, 0.4) is 0 Å². The van der Waals surface area contributed by atoms with Crippen LogP contribution in [0.15, 0.2) is 22.7 Å². The number of halogens is 2. The van der Waals surface area contributed by atoms with Crippen molar-refractivity contribution in [3.63, 3.8) is 0 Å². The van der Waals surface area contributed by atoms with Gasteiger partial charge in [0.1, 0.15) is 5.82 Å². The molecule has 0 aromatic heterocycles. The predicted octanol–water partition coefficient (Wildman–Crippen LogP) is 1.72. The van der Waals surface area contributed by atoms with E-state index in [-0.39, 0.29) is 12.3 Å². The van der Waals surface area contributed by atoms with Crippen molar-refractivity contribution in [3.05, 3.63) is 34.1 Å². The highest BCUT2D eigenvalue weighted by Gasteiger charge is 2.14. The molecule has 1 atom stereocenters. The van der Waals surface area contributed by atoms with E-state index in [4.69, 9.17) is 5.73 Å². The zero-order chi connectivity index (χ0) is 11.4. The molecule has 1 unspecified atom stereocenters. The highest BCUT2D eigenvalue weighted by Crippen LogP contribution is 2.22. The first-order chi connectivity index (χ1) is 7.04. The van der Waals surface area contributed by atoms with Crippen molar-refractivity contribution < 1.29 is 9.18 Å². The average Bonchev–Trinajstić information content (AvgIpc) is 2.21. The SMILES string of the molecule is CNC(=O)CC(N)c1cc(Br)ccc1F. The van der Waals surface area contributed by atoms with Crippen molar-refractivity contribution in [1.82, 2.24) is 5.32 Å². The van der Waals surface area contributed by atoms with Crippen LogP contribution in [0.2, 0.25) is 0 Å². The third-order valence-electron chi connectivity index (χ3n) is 2.04. The second-order valence-electron chi connectivity index (χ2n) is 3.15. The smallest absolute Gasteiger partial charge is 0.221 e. The van der Waals surface area contributed by atoms with Crippen LogP contribution in [-0.2, 0) is 4.79 Å². The van der Waals surface area contributed by atoms with Crippen LogP contribution in [0.4, 0.5) is 4.39 Å². The lowest BCUT2D eigenvalue weighted by atomic mass is 10.0. The molecule has 15 heavy (non-hydrogen) atoms. The molecule has 0 spiro atoms. The Hall–Kier alpha value is -0.940. The molecule has 0 aliphatic heterocycles. The fraction of sp³-hybridized carbons (Fsp3) is 0.300. The first-order valence-corrected chi connectivity index (χ1v) is 5.25. The lowest BCUT2D eigenvalue weighted by Gasteiger charge is -2.12. The molecule has 0 heterocycles. The van der Waals surface area contributed by atoms with E-state index in [2.05, 4.69) is 21.2 Å². The molecule has 0 radical (unpaired) electrons. The highest BCUT2D eigenvalue weighted by molar-refractivity contribution is 9.10. The number of carbonyl (C=O) groups excluding carboxylic acids is 1. The van der Waals surface area contributed by atoms with Gasteiger partial charge in [-0.25, -0.2) is 4.39 Å². The van der Waals surface area contributed by atoms with E-state index < -0.39 is 11.9 Å². The molecule has 1 aromatic rings. The molecule has 0 saturated carbocycles. The molecule has 0 aliphatic rings. The van der Waals surface area contributed by atoms with Crippen molar-refractivity contribution in [3.8, 4) is 0 Å². The molecule has 1 rings (SSSR count). The van der Waals surface area contributed by atoms with Crippen LogP contribution in [0.5, 0.6) is 0 Å². The Bertz CT molecular complexity index is 370. The topological polar surface area (TPSA) is 55.1 Å². The minimum Gasteiger partial charge on any atom is -0.359 e. The van der Waals surface area contributed by atoms with E-state index in [1.807, 2.05) is 0 Å². The van der Waals surface area contributed by atoms with Gasteiger partial charge in [-0.3, -0.25) is 4.79 Å². The number of nitrogens with two attached hydrogens (primary N) is 1. The lowest BCUT2D eigenvalue weighted by molar-refractivity contribution is -0.120. The molecule has 5 heteroatoms. The largest absolute Gasteiger partial charge is 0.359 e. The molecule has 0 aliphatic carbocycles. The third kappa shape index (κ3) is 3.28. The lowest BCUT2D eigenvalue weighted by Crippen LogP contribution is -2.24. The summed E-state index contributed by atoms with van der Waals surface area (Å²) in [6.45, 7) is 0. The van der Waals surface area contributed by atoms with Gasteiger partial charge in [0.15, 0.2) is 0 Å². The van der Waals surface area contributed by atoms with E-state index in [9.17, 15) is 9.18 Å². The summed E-state index contributed by atoms with van der Waals surface area (Å²) in [5, 5.41) is 2.45.